The van der Waals surface area contributed by atoms with Crippen LogP contribution in [0.3, 0.4) is 0 Å². The zero-order chi connectivity index (χ0) is 10.3. The summed E-state index contributed by atoms with van der Waals surface area (Å²) in [6.45, 7) is 0.832. The molecule has 1 aromatic rings. The van der Waals surface area contributed by atoms with Crippen LogP contribution in [0.5, 0.6) is 5.75 Å². The van der Waals surface area contributed by atoms with E-state index in [2.05, 4.69) is 24.1 Å². The van der Waals surface area contributed by atoms with Gasteiger partial charge in [0.2, 0.25) is 0 Å². The van der Waals surface area contributed by atoms with Crippen molar-refractivity contribution in [3.8, 4) is 18.1 Å². The van der Waals surface area contributed by atoms with Gasteiger partial charge >= 0.3 is 0 Å². The van der Waals surface area contributed by atoms with Crippen molar-refractivity contribution in [2.75, 3.05) is 6.61 Å². The predicted octanol–water partition coefficient (Wildman–Crippen LogP) is 2.58. The average molecular weight is 198 g/mol. The summed E-state index contributed by atoms with van der Waals surface area (Å²) >= 11 is 0. The van der Waals surface area contributed by atoms with Crippen LogP contribution < -0.4 is 4.74 Å². The summed E-state index contributed by atoms with van der Waals surface area (Å²) in [7, 11) is 0. The fraction of sp³-hybridized carbons (Fsp3) is 0.429. The fourth-order valence-electron chi connectivity index (χ4n) is 2.26. The monoisotopic (exact) mass is 198 g/mol. The summed E-state index contributed by atoms with van der Waals surface area (Å²) < 4.78 is 5.49. The van der Waals surface area contributed by atoms with Crippen molar-refractivity contribution < 1.29 is 4.74 Å². The molecule has 2 aliphatic rings. The van der Waals surface area contributed by atoms with E-state index in [1.54, 1.807) is 0 Å². The number of terminal acetylenes is 1. The number of ether oxygens (including phenoxy) is 1. The second-order valence-corrected chi connectivity index (χ2v) is 4.64. The van der Waals surface area contributed by atoms with Crippen molar-refractivity contribution in [3.63, 3.8) is 0 Å². The number of rotatable bonds is 2. The number of fused-ring (bicyclic) bond motifs is 1. The molecule has 0 saturated heterocycles. The molecule has 0 radical (unpaired) electrons. The first kappa shape index (κ1) is 8.85. The molecule has 1 aliphatic heterocycles. The maximum absolute atomic E-state index is 5.55. The third-order valence-corrected chi connectivity index (χ3v) is 3.46. The van der Waals surface area contributed by atoms with Crippen molar-refractivity contribution in [2.45, 2.75) is 25.7 Å². The van der Waals surface area contributed by atoms with E-state index in [1.165, 1.54) is 24.0 Å². The Kier molecular flexibility index (Phi) is 1.79. The Labute approximate surface area is 90.5 Å². The summed E-state index contributed by atoms with van der Waals surface area (Å²) in [5.74, 6) is 4.00. The molecule has 0 unspecified atom stereocenters. The minimum atomic E-state index is 0.188. The van der Waals surface area contributed by atoms with Gasteiger partial charge in [-0.25, -0.2) is 0 Å². The van der Waals surface area contributed by atoms with Gasteiger partial charge in [-0.15, -0.1) is 6.42 Å². The van der Waals surface area contributed by atoms with E-state index in [0.717, 1.165) is 25.2 Å². The van der Waals surface area contributed by atoms with Gasteiger partial charge in [-0.2, -0.15) is 0 Å². The van der Waals surface area contributed by atoms with Gasteiger partial charge in [0, 0.05) is 11.8 Å². The van der Waals surface area contributed by atoms with Crippen molar-refractivity contribution in [1.29, 1.82) is 0 Å². The van der Waals surface area contributed by atoms with Crippen LogP contribution in [0, 0.1) is 17.8 Å². The maximum Gasteiger partial charge on any atom is 0.122 e. The van der Waals surface area contributed by atoms with Crippen LogP contribution in [0.4, 0.5) is 0 Å². The summed E-state index contributed by atoms with van der Waals surface area (Å²) in [6, 6.07) is 6.51. The molecule has 1 heteroatoms. The zero-order valence-corrected chi connectivity index (χ0v) is 8.75. The van der Waals surface area contributed by atoms with Crippen molar-refractivity contribution in [1.82, 2.24) is 0 Å². The van der Waals surface area contributed by atoms with Crippen molar-refractivity contribution in [3.05, 3.63) is 29.3 Å². The Morgan fingerprint density at radius 1 is 1.40 bits per heavy atom. The largest absolute Gasteiger partial charge is 0.493 e. The van der Waals surface area contributed by atoms with E-state index in [0.29, 0.717) is 0 Å². The fourth-order valence-corrected chi connectivity index (χ4v) is 2.26. The Morgan fingerprint density at radius 3 is 3.00 bits per heavy atom. The highest BCUT2D eigenvalue weighted by Gasteiger charge is 2.40. The first-order valence-electron chi connectivity index (χ1n) is 5.54. The zero-order valence-electron chi connectivity index (χ0n) is 8.75. The highest BCUT2D eigenvalue weighted by molar-refractivity contribution is 5.41. The molecule has 0 atom stereocenters. The van der Waals surface area contributed by atoms with Gasteiger partial charge in [-0.1, -0.05) is 18.1 Å². The molecular weight excluding hydrogens is 184 g/mol. The lowest BCUT2D eigenvalue weighted by atomic mass is 9.96. The molecule has 1 saturated carbocycles. The molecule has 15 heavy (non-hydrogen) atoms. The van der Waals surface area contributed by atoms with Crippen LogP contribution in [0.1, 0.15) is 24.0 Å². The number of hydrogen-bond donors (Lipinski definition) is 0. The van der Waals surface area contributed by atoms with E-state index >= 15 is 0 Å². The van der Waals surface area contributed by atoms with Crippen LogP contribution in [0.2, 0.25) is 0 Å². The summed E-state index contributed by atoms with van der Waals surface area (Å²) in [6.07, 6.45) is 10.0. The van der Waals surface area contributed by atoms with E-state index in [-0.39, 0.29) is 5.41 Å². The molecule has 0 spiro atoms. The predicted molar refractivity (Wildman–Crippen MR) is 59.8 cm³/mol. The molecule has 1 nitrogen and oxygen atoms in total. The van der Waals surface area contributed by atoms with E-state index in [4.69, 9.17) is 11.2 Å². The molecule has 76 valence electrons. The van der Waals surface area contributed by atoms with E-state index in [9.17, 15) is 0 Å². The average Bonchev–Trinajstić information content (AvgIpc) is 2.88. The minimum absolute atomic E-state index is 0.188. The van der Waals surface area contributed by atoms with Crippen molar-refractivity contribution in [2.24, 2.45) is 5.41 Å². The molecule has 1 aromatic carbocycles. The lowest BCUT2D eigenvalue weighted by Crippen LogP contribution is -2.01. The maximum atomic E-state index is 5.55. The molecule has 0 bridgehead atoms. The van der Waals surface area contributed by atoms with Gasteiger partial charge in [-0.05, 0) is 36.5 Å². The summed E-state index contributed by atoms with van der Waals surface area (Å²) in [5.41, 5.74) is 2.91. The summed E-state index contributed by atoms with van der Waals surface area (Å²) in [4.78, 5) is 0. The standard InChI is InChI=1S/C14H14O/c1-2-14(6-7-14)10-11-3-4-13-12(9-11)5-8-15-13/h1,3-4,9H,5-8,10H2. The summed E-state index contributed by atoms with van der Waals surface area (Å²) in [5, 5.41) is 0. The van der Waals surface area contributed by atoms with E-state index < -0.39 is 0 Å². The lowest BCUT2D eigenvalue weighted by Gasteiger charge is -2.08. The first-order valence-corrected chi connectivity index (χ1v) is 5.54. The molecule has 3 rings (SSSR count). The van der Waals surface area contributed by atoms with Crippen LogP contribution in [0.15, 0.2) is 18.2 Å². The second kappa shape index (κ2) is 3.03. The van der Waals surface area contributed by atoms with Gasteiger partial charge < -0.3 is 4.74 Å². The van der Waals surface area contributed by atoms with Gasteiger partial charge in [0.15, 0.2) is 0 Å². The third-order valence-electron chi connectivity index (χ3n) is 3.46. The van der Waals surface area contributed by atoms with Gasteiger partial charge in [-0.3, -0.25) is 0 Å². The Balaban J connectivity index is 1.85. The SMILES string of the molecule is C#CC1(Cc2ccc3c(c2)CCO3)CC1. The molecule has 0 aromatic heterocycles. The van der Waals surface area contributed by atoms with Gasteiger partial charge in [0.25, 0.3) is 0 Å². The molecule has 0 amide bonds. The van der Waals surface area contributed by atoms with Gasteiger partial charge in [0.1, 0.15) is 5.75 Å². The molecule has 1 fully saturated rings. The van der Waals surface area contributed by atoms with Crippen molar-refractivity contribution >= 4 is 0 Å². The smallest absolute Gasteiger partial charge is 0.122 e. The Hall–Kier alpha value is -1.42. The highest BCUT2D eigenvalue weighted by Crippen LogP contribution is 2.47. The number of benzene rings is 1. The van der Waals surface area contributed by atoms with Crippen LogP contribution >= 0.6 is 0 Å². The van der Waals surface area contributed by atoms with Crippen LogP contribution in [-0.4, -0.2) is 6.61 Å². The topological polar surface area (TPSA) is 9.23 Å². The molecule has 1 aliphatic carbocycles. The lowest BCUT2D eigenvalue weighted by molar-refractivity contribution is 0.357. The first-order chi connectivity index (χ1) is 7.31. The van der Waals surface area contributed by atoms with E-state index in [1.807, 2.05) is 0 Å². The highest BCUT2D eigenvalue weighted by atomic mass is 16.5. The van der Waals surface area contributed by atoms with Crippen LogP contribution in [-0.2, 0) is 12.8 Å². The Morgan fingerprint density at radius 2 is 2.27 bits per heavy atom. The number of hydrogen-bond acceptors (Lipinski definition) is 1. The second-order valence-electron chi connectivity index (χ2n) is 4.64. The third kappa shape index (κ3) is 1.51. The molecule has 0 N–H and O–H groups in total. The van der Waals surface area contributed by atoms with Gasteiger partial charge in [0.05, 0.1) is 6.61 Å². The molecule has 1 heterocycles. The minimum Gasteiger partial charge on any atom is -0.493 e. The van der Waals surface area contributed by atoms with Crippen LogP contribution in [0.25, 0.3) is 0 Å². The molecular formula is C14H14O. The normalized spacial score (nSPS) is 20.2. The Bertz CT molecular complexity index is 435. The quantitative estimate of drug-likeness (QED) is 0.664.